The lowest BCUT2D eigenvalue weighted by Gasteiger charge is -2.24. The number of hydrogen-bond acceptors (Lipinski definition) is 7. The van der Waals surface area contributed by atoms with E-state index < -0.39 is 11.8 Å². The van der Waals surface area contributed by atoms with Crippen LogP contribution in [0.2, 0.25) is 5.02 Å². The summed E-state index contributed by atoms with van der Waals surface area (Å²) in [5, 5.41) is 22.4. The number of nitrogens with zero attached hydrogens (tertiary/aromatic N) is 5. The fourth-order valence-electron chi connectivity index (χ4n) is 3.75. The molecule has 3 N–H and O–H groups in total. The van der Waals surface area contributed by atoms with Crippen molar-refractivity contribution < 1.29 is 5.76 Å². The van der Waals surface area contributed by atoms with Crippen LogP contribution in [0, 0.1) is 17.1 Å². The third-order valence-corrected chi connectivity index (χ3v) is 5.99. The number of fused-ring (bicyclic) bond motifs is 1. The highest BCUT2D eigenvalue weighted by atomic mass is 35.5. The van der Waals surface area contributed by atoms with E-state index in [0.29, 0.717) is 44.1 Å². The van der Waals surface area contributed by atoms with Gasteiger partial charge in [0.25, 0.3) is 0 Å². The van der Waals surface area contributed by atoms with Crippen molar-refractivity contribution >= 4 is 33.9 Å². The Bertz CT molecular complexity index is 1500. The van der Waals surface area contributed by atoms with Gasteiger partial charge in [-0.25, -0.2) is 14.5 Å². The van der Waals surface area contributed by atoms with E-state index in [0.717, 1.165) is 12.8 Å². The Morgan fingerprint density at radius 3 is 2.67 bits per heavy atom. The molecule has 2 aromatic carbocycles. The SMILES string of the molecule is [2H]C(Nc1cc(Cl)c2ncc(C#N)c(NNC(C)(C)C)c2c1)(c1ccc(F)cc1)c1cn(C2CC2)nn1. The maximum atomic E-state index is 13.7. The van der Waals surface area contributed by atoms with Crippen LogP contribution in [-0.2, 0) is 0 Å². The predicted molar refractivity (Wildman–Crippen MR) is 138 cm³/mol. The molecule has 0 saturated heterocycles. The number of anilines is 2. The van der Waals surface area contributed by atoms with Gasteiger partial charge in [-0.05, 0) is 63.4 Å². The van der Waals surface area contributed by atoms with Gasteiger partial charge in [-0.2, -0.15) is 5.26 Å². The molecule has 2 heterocycles. The lowest BCUT2D eigenvalue weighted by molar-refractivity contribution is 0.466. The molecule has 2 aromatic heterocycles. The van der Waals surface area contributed by atoms with Gasteiger partial charge < -0.3 is 10.7 Å². The monoisotopic (exact) mass is 505 g/mol. The first-order chi connectivity index (χ1) is 17.6. The molecule has 184 valence electrons. The lowest BCUT2D eigenvalue weighted by Crippen LogP contribution is -2.40. The van der Waals surface area contributed by atoms with E-state index >= 15 is 0 Å². The van der Waals surface area contributed by atoms with Crippen molar-refractivity contribution in [1.29, 1.82) is 5.26 Å². The van der Waals surface area contributed by atoms with E-state index in [1.807, 2.05) is 20.8 Å². The van der Waals surface area contributed by atoms with Gasteiger partial charge in [0.15, 0.2) is 0 Å². The third-order valence-electron chi connectivity index (χ3n) is 5.70. The second-order valence-electron chi connectivity index (χ2n) is 9.83. The highest BCUT2D eigenvalue weighted by molar-refractivity contribution is 6.35. The minimum absolute atomic E-state index is 0.283. The van der Waals surface area contributed by atoms with Crippen molar-refractivity contribution in [2.45, 2.75) is 51.2 Å². The normalized spacial score (nSPS) is 15.7. The first-order valence-electron chi connectivity index (χ1n) is 12.1. The summed E-state index contributed by atoms with van der Waals surface area (Å²) in [7, 11) is 0. The smallest absolute Gasteiger partial charge is 0.123 e. The molecule has 1 fully saturated rings. The number of nitrogens with one attached hydrogen (secondary N) is 3. The standard InChI is InChI=1S/C26H26ClFN8/c1-26(2,3)34-33-23-16(12-29)13-30-25-20(23)10-18(11-21(25)27)31-24(15-4-6-17(28)7-5-15)22-14-36(35-32-22)19-8-9-19/h4-7,10-11,13-14,19,24,31,34H,8-9H2,1-3H3,(H,30,33)/i24D. The van der Waals surface area contributed by atoms with Crippen LogP contribution in [0.1, 0.15) is 63.9 Å². The highest BCUT2D eigenvalue weighted by Gasteiger charge is 2.27. The molecule has 8 nitrogen and oxygen atoms in total. The second kappa shape index (κ2) is 9.37. The number of hydrogen-bond donors (Lipinski definition) is 3. The number of benzene rings is 2. The van der Waals surface area contributed by atoms with Gasteiger partial charge in [-0.1, -0.05) is 28.9 Å². The number of pyridine rings is 1. The maximum Gasteiger partial charge on any atom is 0.123 e. The number of halogens is 2. The van der Waals surface area contributed by atoms with Gasteiger partial charge in [-0.3, -0.25) is 4.98 Å². The van der Waals surface area contributed by atoms with Gasteiger partial charge >= 0.3 is 0 Å². The van der Waals surface area contributed by atoms with Gasteiger partial charge in [0.1, 0.15) is 17.6 Å². The Hall–Kier alpha value is -3.74. The molecule has 0 amide bonds. The molecule has 1 atom stereocenters. The number of hydrazine groups is 1. The molecule has 36 heavy (non-hydrogen) atoms. The van der Waals surface area contributed by atoms with Crippen LogP contribution in [0.4, 0.5) is 15.8 Å². The summed E-state index contributed by atoms with van der Waals surface area (Å²) < 4.78 is 25.0. The zero-order valence-electron chi connectivity index (χ0n) is 21.1. The summed E-state index contributed by atoms with van der Waals surface area (Å²) >= 11 is 6.64. The molecular formula is C26H26ClFN8. The van der Waals surface area contributed by atoms with Gasteiger partial charge in [0.05, 0.1) is 41.4 Å². The fraction of sp³-hybridized carbons (Fsp3) is 0.308. The van der Waals surface area contributed by atoms with Crippen LogP contribution in [0.3, 0.4) is 0 Å². The molecule has 0 bridgehead atoms. The summed E-state index contributed by atoms with van der Waals surface area (Å²) in [6.07, 6.45) is 5.26. The molecule has 1 aliphatic rings. The minimum atomic E-state index is -1.60. The van der Waals surface area contributed by atoms with E-state index in [4.69, 9.17) is 11.6 Å². The Kier molecular flexibility index (Phi) is 5.91. The Labute approximate surface area is 214 Å². The number of rotatable bonds is 7. The zero-order valence-corrected chi connectivity index (χ0v) is 20.9. The first kappa shape index (κ1) is 22.7. The molecule has 10 heteroatoms. The molecule has 1 unspecified atom stereocenters. The first-order valence-corrected chi connectivity index (χ1v) is 12.0. The molecule has 0 spiro atoms. The summed E-state index contributed by atoms with van der Waals surface area (Å²) in [5.74, 6) is -0.404. The van der Waals surface area contributed by atoms with Crippen LogP contribution in [-0.4, -0.2) is 25.5 Å². The van der Waals surface area contributed by atoms with Crippen LogP contribution in [0.15, 0.2) is 48.8 Å². The van der Waals surface area contributed by atoms with E-state index in [-0.39, 0.29) is 11.6 Å². The van der Waals surface area contributed by atoms with Gasteiger partial charge in [-0.15, -0.1) is 5.10 Å². The number of nitriles is 1. The number of aromatic nitrogens is 4. The van der Waals surface area contributed by atoms with Crippen molar-refractivity contribution in [1.82, 2.24) is 25.4 Å². The van der Waals surface area contributed by atoms with E-state index in [2.05, 4.69) is 37.5 Å². The third kappa shape index (κ3) is 5.10. The lowest BCUT2D eigenvalue weighted by atomic mass is 10.0. The maximum absolute atomic E-state index is 13.7. The molecule has 5 rings (SSSR count). The summed E-state index contributed by atoms with van der Waals surface area (Å²) in [6.45, 7) is 5.96. The van der Waals surface area contributed by atoms with Crippen molar-refractivity contribution in [3.8, 4) is 6.07 Å². The Morgan fingerprint density at radius 2 is 2.00 bits per heavy atom. The van der Waals surface area contributed by atoms with Crippen molar-refractivity contribution in [3.63, 3.8) is 0 Å². The Balaban J connectivity index is 1.62. The topological polar surface area (TPSA) is 103 Å². The second-order valence-corrected chi connectivity index (χ2v) is 10.2. The average molecular weight is 506 g/mol. The molecule has 1 saturated carbocycles. The van der Waals surface area contributed by atoms with Crippen LogP contribution >= 0.6 is 11.6 Å². The van der Waals surface area contributed by atoms with Crippen molar-refractivity contribution in [2.24, 2.45) is 0 Å². The molecule has 1 aliphatic carbocycles. The summed E-state index contributed by atoms with van der Waals surface area (Å²) in [4.78, 5) is 4.39. The van der Waals surface area contributed by atoms with E-state index in [1.165, 1.54) is 18.3 Å². The van der Waals surface area contributed by atoms with E-state index in [9.17, 15) is 11.0 Å². The molecule has 0 radical (unpaired) electrons. The zero-order chi connectivity index (χ0) is 26.4. The highest BCUT2D eigenvalue weighted by Crippen LogP contribution is 2.37. The molecule has 0 aliphatic heterocycles. The summed E-state index contributed by atoms with van der Waals surface area (Å²) in [6, 6.07) is 10.0. The van der Waals surface area contributed by atoms with Crippen LogP contribution < -0.4 is 16.2 Å². The van der Waals surface area contributed by atoms with Gasteiger partial charge in [0.2, 0.25) is 0 Å². The Morgan fingerprint density at radius 1 is 1.25 bits per heavy atom. The molecular weight excluding hydrogens is 479 g/mol. The minimum Gasteiger partial charge on any atom is -0.373 e. The van der Waals surface area contributed by atoms with Crippen molar-refractivity contribution in [3.05, 3.63) is 76.5 Å². The largest absolute Gasteiger partial charge is 0.373 e. The van der Waals surface area contributed by atoms with Crippen LogP contribution in [0.25, 0.3) is 10.9 Å². The fourth-order valence-corrected chi connectivity index (χ4v) is 4.02. The predicted octanol–water partition coefficient (Wildman–Crippen LogP) is 5.74. The quantitative estimate of drug-likeness (QED) is 0.275. The average Bonchev–Trinajstić information content (AvgIpc) is 3.58. The molecule has 4 aromatic rings. The van der Waals surface area contributed by atoms with Crippen molar-refractivity contribution in [2.75, 3.05) is 10.7 Å². The van der Waals surface area contributed by atoms with E-state index in [1.54, 1.807) is 35.1 Å². The van der Waals surface area contributed by atoms with Gasteiger partial charge in [0, 0.05) is 22.8 Å². The van der Waals surface area contributed by atoms with Crippen LogP contribution in [0.5, 0.6) is 0 Å². The summed E-state index contributed by atoms with van der Waals surface area (Å²) in [5.41, 5.74) is 8.73.